The van der Waals surface area contributed by atoms with Crippen molar-refractivity contribution >= 4 is 5.84 Å². The van der Waals surface area contributed by atoms with Gasteiger partial charge in [-0.2, -0.15) is 0 Å². The molecule has 100 valence electrons. The summed E-state index contributed by atoms with van der Waals surface area (Å²) in [7, 11) is 0. The molecule has 0 spiro atoms. The maximum absolute atomic E-state index is 9.18. The molecule has 0 aromatic rings. The van der Waals surface area contributed by atoms with Crippen molar-refractivity contribution in [1.29, 1.82) is 0 Å². The van der Waals surface area contributed by atoms with Crippen LogP contribution in [0.3, 0.4) is 0 Å². The SMILES string of the molecule is CCC(CC(N)=NO)N(CCO)C1CCCC1. The topological polar surface area (TPSA) is 82.1 Å². The van der Waals surface area contributed by atoms with Crippen LogP contribution >= 0.6 is 0 Å². The van der Waals surface area contributed by atoms with Gasteiger partial charge < -0.3 is 16.0 Å². The Morgan fingerprint density at radius 1 is 1.47 bits per heavy atom. The van der Waals surface area contributed by atoms with E-state index in [1.54, 1.807) is 0 Å². The van der Waals surface area contributed by atoms with Crippen LogP contribution in [-0.4, -0.2) is 46.3 Å². The summed E-state index contributed by atoms with van der Waals surface area (Å²) in [6.45, 7) is 2.96. The van der Waals surface area contributed by atoms with Crippen LogP contribution in [0.4, 0.5) is 0 Å². The number of rotatable bonds is 7. The predicted octanol–water partition coefficient (Wildman–Crippen LogP) is 1.14. The van der Waals surface area contributed by atoms with Gasteiger partial charge in [0.15, 0.2) is 0 Å². The van der Waals surface area contributed by atoms with Crippen LogP contribution in [-0.2, 0) is 0 Å². The Balaban J connectivity index is 2.64. The average molecular weight is 243 g/mol. The first-order chi connectivity index (χ1) is 8.22. The summed E-state index contributed by atoms with van der Waals surface area (Å²) in [6.07, 6.45) is 6.47. The molecular weight excluding hydrogens is 218 g/mol. The Hall–Kier alpha value is -0.810. The fourth-order valence-corrected chi connectivity index (χ4v) is 2.79. The van der Waals surface area contributed by atoms with Crippen LogP contribution in [0.5, 0.6) is 0 Å². The van der Waals surface area contributed by atoms with Crippen LogP contribution in [0.2, 0.25) is 0 Å². The zero-order valence-corrected chi connectivity index (χ0v) is 10.7. The van der Waals surface area contributed by atoms with Crippen molar-refractivity contribution in [2.45, 2.75) is 57.5 Å². The summed E-state index contributed by atoms with van der Waals surface area (Å²) >= 11 is 0. The summed E-state index contributed by atoms with van der Waals surface area (Å²) in [5.41, 5.74) is 5.59. The molecule has 1 fully saturated rings. The standard InChI is InChI=1S/C12H25N3O2/c1-2-10(9-12(13)14-17)15(7-8-16)11-5-3-4-6-11/h10-11,16-17H,2-9H2,1H3,(H2,13,14). The molecule has 0 amide bonds. The molecule has 0 aliphatic heterocycles. The second-order valence-electron chi connectivity index (χ2n) is 4.76. The van der Waals surface area contributed by atoms with Gasteiger partial charge in [0.05, 0.1) is 6.61 Å². The first-order valence-corrected chi connectivity index (χ1v) is 6.55. The van der Waals surface area contributed by atoms with Crippen LogP contribution in [0.25, 0.3) is 0 Å². The Morgan fingerprint density at radius 3 is 2.59 bits per heavy atom. The second-order valence-corrected chi connectivity index (χ2v) is 4.76. The number of aliphatic hydroxyl groups excluding tert-OH is 1. The van der Waals surface area contributed by atoms with E-state index in [-0.39, 0.29) is 18.5 Å². The maximum atomic E-state index is 9.18. The quantitative estimate of drug-likeness (QED) is 0.271. The Kier molecular flexibility index (Phi) is 6.29. The first-order valence-electron chi connectivity index (χ1n) is 6.55. The zero-order chi connectivity index (χ0) is 12.7. The average Bonchev–Trinajstić information content (AvgIpc) is 2.86. The van der Waals surface area contributed by atoms with Crippen molar-refractivity contribution in [3.05, 3.63) is 0 Å². The van der Waals surface area contributed by atoms with E-state index < -0.39 is 0 Å². The molecule has 5 nitrogen and oxygen atoms in total. The predicted molar refractivity (Wildman–Crippen MR) is 68.2 cm³/mol. The third kappa shape index (κ3) is 4.16. The molecule has 5 heteroatoms. The minimum Gasteiger partial charge on any atom is -0.409 e. The normalized spacial score (nSPS) is 20.1. The van der Waals surface area contributed by atoms with Crippen molar-refractivity contribution in [3.63, 3.8) is 0 Å². The van der Waals surface area contributed by atoms with Crippen molar-refractivity contribution in [1.82, 2.24) is 4.90 Å². The molecule has 0 aromatic carbocycles. The van der Waals surface area contributed by atoms with Gasteiger partial charge in [-0.25, -0.2) is 0 Å². The van der Waals surface area contributed by atoms with Gasteiger partial charge in [-0.15, -0.1) is 0 Å². The van der Waals surface area contributed by atoms with E-state index in [0.29, 0.717) is 19.0 Å². The molecule has 0 heterocycles. The van der Waals surface area contributed by atoms with E-state index in [4.69, 9.17) is 10.9 Å². The van der Waals surface area contributed by atoms with Gasteiger partial charge in [-0.3, -0.25) is 4.90 Å². The molecule has 0 bridgehead atoms. The molecule has 17 heavy (non-hydrogen) atoms. The van der Waals surface area contributed by atoms with Gasteiger partial charge in [0, 0.05) is 25.0 Å². The number of nitrogens with two attached hydrogens (primary N) is 1. The van der Waals surface area contributed by atoms with E-state index in [1.165, 1.54) is 25.7 Å². The van der Waals surface area contributed by atoms with E-state index in [2.05, 4.69) is 17.0 Å². The van der Waals surface area contributed by atoms with Crippen LogP contribution in [0.1, 0.15) is 45.4 Å². The fourth-order valence-electron chi connectivity index (χ4n) is 2.79. The molecule has 0 radical (unpaired) electrons. The molecule has 1 saturated carbocycles. The highest BCUT2D eigenvalue weighted by Gasteiger charge is 2.27. The molecule has 0 saturated heterocycles. The lowest BCUT2D eigenvalue weighted by atomic mass is 10.0. The smallest absolute Gasteiger partial charge is 0.140 e. The third-order valence-corrected chi connectivity index (χ3v) is 3.67. The largest absolute Gasteiger partial charge is 0.409 e. The third-order valence-electron chi connectivity index (χ3n) is 3.67. The molecule has 4 N–H and O–H groups in total. The highest BCUT2D eigenvalue weighted by atomic mass is 16.4. The van der Waals surface area contributed by atoms with Crippen LogP contribution in [0.15, 0.2) is 5.16 Å². The minimum absolute atomic E-state index is 0.170. The Bertz CT molecular complexity index is 240. The lowest BCUT2D eigenvalue weighted by molar-refractivity contribution is 0.104. The van der Waals surface area contributed by atoms with Gasteiger partial charge >= 0.3 is 0 Å². The van der Waals surface area contributed by atoms with Gasteiger partial charge in [-0.05, 0) is 19.3 Å². The zero-order valence-electron chi connectivity index (χ0n) is 10.7. The highest BCUT2D eigenvalue weighted by Crippen LogP contribution is 2.26. The van der Waals surface area contributed by atoms with Crippen molar-refractivity contribution < 1.29 is 10.3 Å². The fraction of sp³-hybridized carbons (Fsp3) is 0.917. The molecule has 0 aromatic heterocycles. The molecular formula is C12H25N3O2. The van der Waals surface area contributed by atoms with Crippen LogP contribution < -0.4 is 5.73 Å². The summed E-state index contributed by atoms with van der Waals surface area (Å²) in [5.74, 6) is 0.276. The number of amidine groups is 1. The monoisotopic (exact) mass is 243 g/mol. The number of oxime groups is 1. The second kappa shape index (κ2) is 7.50. The number of hydrogen-bond acceptors (Lipinski definition) is 4. The van der Waals surface area contributed by atoms with E-state index in [9.17, 15) is 5.11 Å². The van der Waals surface area contributed by atoms with Crippen molar-refractivity contribution in [2.75, 3.05) is 13.2 Å². The van der Waals surface area contributed by atoms with Crippen LogP contribution in [0, 0.1) is 0 Å². The Labute approximate surface area is 103 Å². The summed E-state index contributed by atoms with van der Waals surface area (Å²) in [6, 6.07) is 0.819. The summed E-state index contributed by atoms with van der Waals surface area (Å²) in [5, 5.41) is 20.9. The molecule has 1 aliphatic rings. The Morgan fingerprint density at radius 2 is 2.12 bits per heavy atom. The number of aliphatic hydroxyl groups is 1. The molecule has 1 unspecified atom stereocenters. The van der Waals surface area contributed by atoms with E-state index >= 15 is 0 Å². The lowest BCUT2D eigenvalue weighted by Gasteiger charge is -2.35. The minimum atomic E-state index is 0.170. The van der Waals surface area contributed by atoms with Gasteiger partial charge in [0.2, 0.25) is 0 Å². The van der Waals surface area contributed by atoms with Gasteiger partial charge in [-0.1, -0.05) is 24.9 Å². The highest BCUT2D eigenvalue weighted by molar-refractivity contribution is 5.80. The number of nitrogens with zero attached hydrogens (tertiary/aromatic N) is 2. The first kappa shape index (κ1) is 14.3. The molecule has 1 aliphatic carbocycles. The van der Waals surface area contributed by atoms with Crippen molar-refractivity contribution in [2.24, 2.45) is 10.9 Å². The van der Waals surface area contributed by atoms with Gasteiger partial charge in [0.25, 0.3) is 0 Å². The van der Waals surface area contributed by atoms with Crippen molar-refractivity contribution in [3.8, 4) is 0 Å². The summed E-state index contributed by atoms with van der Waals surface area (Å²) in [4.78, 5) is 2.34. The van der Waals surface area contributed by atoms with Gasteiger partial charge in [0.1, 0.15) is 5.84 Å². The lowest BCUT2D eigenvalue weighted by Crippen LogP contribution is -2.45. The molecule has 1 atom stereocenters. The number of hydrogen-bond donors (Lipinski definition) is 3. The summed E-state index contributed by atoms with van der Waals surface area (Å²) < 4.78 is 0. The van der Waals surface area contributed by atoms with E-state index in [1.807, 2.05) is 0 Å². The van der Waals surface area contributed by atoms with E-state index in [0.717, 1.165) is 6.42 Å². The maximum Gasteiger partial charge on any atom is 0.140 e. The molecule has 1 rings (SSSR count).